The number of aryl methyl sites for hydroxylation is 1. The van der Waals surface area contributed by atoms with Gasteiger partial charge in [0, 0.05) is 24.5 Å². The Balaban J connectivity index is 2.11. The van der Waals surface area contributed by atoms with Crippen molar-refractivity contribution in [3.05, 3.63) is 65.7 Å². The van der Waals surface area contributed by atoms with Gasteiger partial charge in [-0.25, -0.2) is 0 Å². The summed E-state index contributed by atoms with van der Waals surface area (Å²) in [6, 6.07) is 15.3. The maximum absolute atomic E-state index is 12.1. The number of nitrogens with two attached hydrogens (primary N) is 1. The number of anilines is 2. The highest BCUT2D eigenvalue weighted by Crippen LogP contribution is 2.15. The number of hydrogen-bond donors (Lipinski definition) is 1. The second-order valence-electron chi connectivity index (χ2n) is 4.68. The molecule has 0 aliphatic rings. The van der Waals surface area contributed by atoms with Crippen LogP contribution in [-0.4, -0.2) is 13.0 Å². The zero-order valence-corrected chi connectivity index (χ0v) is 11.7. The highest BCUT2D eigenvalue weighted by Gasteiger charge is 2.06. The number of rotatable bonds is 3. The van der Waals surface area contributed by atoms with Crippen LogP contribution in [0.5, 0.6) is 0 Å². The Morgan fingerprint density at radius 1 is 1.15 bits per heavy atom. The zero-order chi connectivity index (χ0) is 14.5. The molecular weight excluding hydrogens is 248 g/mol. The standard InChI is InChI=1S/C17H18N2O/c1-13-8-9-14(12-16(13)18)10-11-17(20)19(2)15-6-4-3-5-7-15/h3-12H,18H2,1-2H3/b11-10+. The molecular formula is C17H18N2O. The first kappa shape index (κ1) is 13.9. The summed E-state index contributed by atoms with van der Waals surface area (Å²) in [7, 11) is 1.76. The van der Waals surface area contributed by atoms with Gasteiger partial charge in [-0.2, -0.15) is 0 Å². The average Bonchev–Trinajstić information content (AvgIpc) is 2.48. The first-order valence-corrected chi connectivity index (χ1v) is 6.45. The van der Waals surface area contributed by atoms with Gasteiger partial charge in [0.1, 0.15) is 0 Å². The summed E-state index contributed by atoms with van der Waals surface area (Å²) < 4.78 is 0. The molecule has 0 saturated heterocycles. The van der Waals surface area contributed by atoms with Gasteiger partial charge in [-0.3, -0.25) is 4.79 Å². The fourth-order valence-corrected chi connectivity index (χ4v) is 1.82. The van der Waals surface area contributed by atoms with Crippen molar-refractivity contribution in [1.29, 1.82) is 0 Å². The topological polar surface area (TPSA) is 46.3 Å². The maximum Gasteiger partial charge on any atom is 0.250 e. The Kier molecular flexibility index (Phi) is 4.20. The fourth-order valence-electron chi connectivity index (χ4n) is 1.82. The summed E-state index contributed by atoms with van der Waals surface area (Å²) in [5, 5.41) is 0. The van der Waals surface area contributed by atoms with Crippen molar-refractivity contribution in [1.82, 2.24) is 0 Å². The van der Waals surface area contributed by atoms with Crippen molar-refractivity contribution in [2.75, 3.05) is 17.7 Å². The Hall–Kier alpha value is -2.55. The smallest absolute Gasteiger partial charge is 0.250 e. The first-order valence-electron chi connectivity index (χ1n) is 6.45. The number of carbonyl (C=O) groups excluding carboxylic acids is 1. The van der Waals surface area contributed by atoms with E-state index in [1.807, 2.05) is 55.5 Å². The number of hydrogen-bond acceptors (Lipinski definition) is 2. The van der Waals surface area contributed by atoms with Gasteiger partial charge in [-0.1, -0.05) is 30.3 Å². The van der Waals surface area contributed by atoms with Crippen molar-refractivity contribution < 1.29 is 4.79 Å². The van der Waals surface area contributed by atoms with Gasteiger partial charge in [0.2, 0.25) is 0 Å². The molecule has 2 aromatic rings. The SMILES string of the molecule is Cc1ccc(/C=C/C(=O)N(C)c2ccccc2)cc1N. The van der Waals surface area contributed by atoms with Crippen molar-refractivity contribution in [2.24, 2.45) is 0 Å². The molecule has 3 nitrogen and oxygen atoms in total. The molecule has 0 radical (unpaired) electrons. The van der Waals surface area contributed by atoms with Crippen LogP contribution in [0.1, 0.15) is 11.1 Å². The van der Waals surface area contributed by atoms with E-state index < -0.39 is 0 Å². The highest BCUT2D eigenvalue weighted by molar-refractivity contribution is 6.03. The van der Waals surface area contributed by atoms with E-state index in [1.165, 1.54) is 0 Å². The monoisotopic (exact) mass is 266 g/mol. The van der Waals surface area contributed by atoms with Gasteiger partial charge in [-0.15, -0.1) is 0 Å². The Bertz CT molecular complexity index is 633. The predicted molar refractivity (Wildman–Crippen MR) is 84.5 cm³/mol. The number of benzene rings is 2. The van der Waals surface area contributed by atoms with E-state index in [2.05, 4.69) is 0 Å². The van der Waals surface area contributed by atoms with Crippen LogP contribution in [0.25, 0.3) is 6.08 Å². The third kappa shape index (κ3) is 3.26. The van der Waals surface area contributed by atoms with Gasteiger partial charge in [0.15, 0.2) is 0 Å². The molecule has 0 bridgehead atoms. The minimum atomic E-state index is -0.0738. The molecule has 0 spiro atoms. The largest absolute Gasteiger partial charge is 0.398 e. The Morgan fingerprint density at radius 2 is 1.85 bits per heavy atom. The number of amides is 1. The van der Waals surface area contributed by atoms with Gasteiger partial charge in [0.05, 0.1) is 0 Å². The second kappa shape index (κ2) is 6.06. The summed E-state index contributed by atoms with van der Waals surface area (Å²) in [4.78, 5) is 13.7. The van der Waals surface area contributed by atoms with Crippen molar-refractivity contribution in [2.45, 2.75) is 6.92 Å². The molecule has 2 rings (SSSR count). The molecule has 0 aliphatic carbocycles. The van der Waals surface area contributed by atoms with Crippen LogP contribution in [0, 0.1) is 6.92 Å². The van der Waals surface area contributed by atoms with E-state index in [-0.39, 0.29) is 5.91 Å². The summed E-state index contributed by atoms with van der Waals surface area (Å²) in [5.41, 5.74) is 9.40. The Morgan fingerprint density at radius 3 is 2.50 bits per heavy atom. The minimum Gasteiger partial charge on any atom is -0.398 e. The summed E-state index contributed by atoms with van der Waals surface area (Å²) in [5.74, 6) is -0.0738. The van der Waals surface area contributed by atoms with Gasteiger partial charge >= 0.3 is 0 Å². The molecule has 20 heavy (non-hydrogen) atoms. The molecule has 102 valence electrons. The lowest BCUT2D eigenvalue weighted by atomic mass is 10.1. The molecule has 3 heteroatoms. The number of nitrogen functional groups attached to an aromatic ring is 1. The molecule has 0 unspecified atom stereocenters. The van der Waals surface area contributed by atoms with Gasteiger partial charge in [-0.05, 0) is 42.3 Å². The number of para-hydroxylation sites is 1. The second-order valence-corrected chi connectivity index (χ2v) is 4.68. The number of nitrogens with zero attached hydrogens (tertiary/aromatic N) is 1. The van der Waals surface area contributed by atoms with E-state index in [0.717, 1.165) is 22.5 Å². The quantitative estimate of drug-likeness (QED) is 0.684. The molecule has 0 fully saturated rings. The lowest BCUT2D eigenvalue weighted by Crippen LogP contribution is -2.23. The predicted octanol–water partition coefficient (Wildman–Crippen LogP) is 3.25. The van der Waals surface area contributed by atoms with Crippen molar-refractivity contribution in [3.63, 3.8) is 0 Å². The van der Waals surface area contributed by atoms with Crippen LogP contribution in [0.3, 0.4) is 0 Å². The van der Waals surface area contributed by atoms with Crippen molar-refractivity contribution in [3.8, 4) is 0 Å². The van der Waals surface area contributed by atoms with E-state index >= 15 is 0 Å². The molecule has 2 aromatic carbocycles. The number of likely N-dealkylation sites (N-methyl/N-ethyl adjacent to an activating group) is 1. The molecule has 0 heterocycles. The third-order valence-corrected chi connectivity index (χ3v) is 3.20. The lowest BCUT2D eigenvalue weighted by Gasteiger charge is -2.14. The van der Waals surface area contributed by atoms with E-state index in [1.54, 1.807) is 24.1 Å². The van der Waals surface area contributed by atoms with E-state index in [0.29, 0.717) is 0 Å². The average molecular weight is 266 g/mol. The summed E-state index contributed by atoms with van der Waals surface area (Å²) in [6.07, 6.45) is 3.33. The summed E-state index contributed by atoms with van der Waals surface area (Å²) in [6.45, 7) is 1.96. The van der Waals surface area contributed by atoms with E-state index in [9.17, 15) is 4.79 Å². The number of carbonyl (C=O) groups is 1. The lowest BCUT2D eigenvalue weighted by molar-refractivity contribution is -0.113. The van der Waals surface area contributed by atoms with Gasteiger partial charge in [0.25, 0.3) is 5.91 Å². The molecule has 0 aliphatic heterocycles. The third-order valence-electron chi connectivity index (χ3n) is 3.20. The van der Waals surface area contributed by atoms with Gasteiger partial charge < -0.3 is 10.6 Å². The van der Waals surface area contributed by atoms with Crippen molar-refractivity contribution >= 4 is 23.4 Å². The molecule has 2 N–H and O–H groups in total. The van der Waals surface area contributed by atoms with Crippen LogP contribution >= 0.6 is 0 Å². The van der Waals surface area contributed by atoms with Crippen LogP contribution in [0.4, 0.5) is 11.4 Å². The molecule has 1 amide bonds. The van der Waals surface area contributed by atoms with Crippen LogP contribution in [-0.2, 0) is 4.79 Å². The summed E-state index contributed by atoms with van der Waals surface area (Å²) >= 11 is 0. The highest BCUT2D eigenvalue weighted by atomic mass is 16.2. The normalized spacial score (nSPS) is 10.7. The van der Waals surface area contributed by atoms with Crippen LogP contribution in [0.2, 0.25) is 0 Å². The minimum absolute atomic E-state index is 0.0738. The van der Waals surface area contributed by atoms with Crippen LogP contribution in [0.15, 0.2) is 54.6 Å². The molecule has 0 aromatic heterocycles. The molecule has 0 atom stereocenters. The Labute approximate surface area is 119 Å². The van der Waals surface area contributed by atoms with E-state index in [4.69, 9.17) is 5.73 Å². The van der Waals surface area contributed by atoms with Crippen LogP contribution < -0.4 is 10.6 Å². The zero-order valence-electron chi connectivity index (χ0n) is 11.7. The molecule has 0 saturated carbocycles. The maximum atomic E-state index is 12.1. The first-order chi connectivity index (χ1) is 9.58. The fraction of sp³-hybridized carbons (Fsp3) is 0.118.